The monoisotopic (exact) mass is 918 g/mol. The molecule has 3 aromatic heterocycles. The molecule has 0 atom stereocenters. The third-order valence-electron chi connectivity index (χ3n) is 13.8. The number of benzene rings is 8. The lowest BCUT2D eigenvalue weighted by atomic mass is 9.87. The molecule has 0 amide bonds. The molecule has 2 aliphatic rings. The molecule has 2 aliphatic heterocycles. The first-order valence-electron chi connectivity index (χ1n) is 24.5. The van der Waals surface area contributed by atoms with Gasteiger partial charge >= 0.3 is 0 Å². The van der Waals surface area contributed by atoms with E-state index in [2.05, 4.69) is 277 Å². The Morgan fingerprint density at radius 3 is 0.931 bits per heavy atom. The Labute approximate surface area is 418 Å². The van der Waals surface area contributed by atoms with E-state index < -0.39 is 0 Å². The fourth-order valence-electron chi connectivity index (χ4n) is 10.7. The van der Waals surface area contributed by atoms with E-state index in [9.17, 15) is 0 Å². The van der Waals surface area contributed by atoms with Gasteiger partial charge in [0.15, 0.2) is 0 Å². The topological polar surface area (TPSA) is 57.4 Å². The molecule has 0 spiro atoms. The highest BCUT2D eigenvalue weighted by Crippen LogP contribution is 2.51. The number of aromatic nitrogens is 4. The van der Waals surface area contributed by atoms with Crippen LogP contribution in [0.3, 0.4) is 0 Å². The molecule has 0 fully saturated rings. The van der Waals surface area contributed by atoms with Gasteiger partial charge in [-0.25, -0.2) is 9.97 Å². The van der Waals surface area contributed by atoms with Gasteiger partial charge in [0.05, 0.1) is 33.8 Å². The number of hydrogen-bond acceptors (Lipinski definition) is 2. The fraction of sp³-hybridized carbons (Fsp3) is 0. The molecule has 4 heteroatoms. The zero-order chi connectivity index (χ0) is 47.8. The Kier molecular flexibility index (Phi) is 10.8. The Morgan fingerprint density at radius 2 is 0.514 bits per heavy atom. The van der Waals surface area contributed by atoms with Crippen LogP contribution in [0.15, 0.2) is 255 Å². The minimum absolute atomic E-state index is 0.857. The maximum atomic E-state index is 6.14. The Morgan fingerprint density at radius 1 is 0.222 bits per heavy atom. The van der Waals surface area contributed by atoms with E-state index in [1.165, 1.54) is 0 Å². The number of nitrogens with zero attached hydrogens (tertiary/aromatic N) is 2. The fourth-order valence-corrected chi connectivity index (χ4v) is 10.7. The second-order valence-corrected chi connectivity index (χ2v) is 18.1. The van der Waals surface area contributed by atoms with E-state index in [-0.39, 0.29) is 0 Å². The molecule has 0 aliphatic carbocycles. The van der Waals surface area contributed by atoms with Gasteiger partial charge in [0.2, 0.25) is 0 Å². The van der Waals surface area contributed by atoms with Gasteiger partial charge in [-0.1, -0.05) is 243 Å². The van der Waals surface area contributed by atoms with Crippen LogP contribution < -0.4 is 0 Å². The number of fused-ring (bicyclic) bond motifs is 8. The Bertz CT molecular complexity index is 4010. The molecule has 4 nitrogen and oxygen atoms in total. The maximum Gasteiger partial charge on any atom is 0.0822 e. The van der Waals surface area contributed by atoms with Crippen LogP contribution >= 0.6 is 0 Å². The minimum Gasteiger partial charge on any atom is -0.354 e. The van der Waals surface area contributed by atoms with Gasteiger partial charge in [-0.15, -0.1) is 0 Å². The summed E-state index contributed by atoms with van der Waals surface area (Å²) in [5.74, 6) is 0. The predicted octanol–water partition coefficient (Wildman–Crippen LogP) is 17.5. The van der Waals surface area contributed by atoms with Crippen molar-refractivity contribution in [3.05, 3.63) is 289 Å². The average Bonchev–Trinajstić information content (AvgIpc) is 4.29. The molecule has 8 aromatic carbocycles. The van der Waals surface area contributed by atoms with Crippen LogP contribution in [0.2, 0.25) is 0 Å². The third kappa shape index (κ3) is 7.50. The van der Waals surface area contributed by atoms with Crippen LogP contribution in [-0.2, 0) is 0 Å². The summed E-state index contributed by atoms with van der Waals surface area (Å²) in [6.45, 7) is 0. The van der Waals surface area contributed by atoms with E-state index in [4.69, 9.17) is 9.97 Å². The first-order chi connectivity index (χ1) is 35.8. The molecule has 0 unspecified atom stereocenters. The van der Waals surface area contributed by atoms with Crippen LogP contribution in [0.25, 0.3) is 112 Å². The van der Waals surface area contributed by atoms with Gasteiger partial charge < -0.3 is 9.97 Å². The second-order valence-electron chi connectivity index (χ2n) is 18.1. The van der Waals surface area contributed by atoms with Crippen molar-refractivity contribution in [2.45, 2.75) is 0 Å². The van der Waals surface area contributed by atoms with Crippen LogP contribution in [0.4, 0.5) is 0 Å². The van der Waals surface area contributed by atoms with E-state index in [1.54, 1.807) is 0 Å². The first-order valence-corrected chi connectivity index (χ1v) is 24.5. The lowest BCUT2D eigenvalue weighted by molar-refractivity contribution is 1.30. The van der Waals surface area contributed by atoms with Gasteiger partial charge in [-0.3, -0.25) is 0 Å². The Hall–Kier alpha value is -9.64. The summed E-state index contributed by atoms with van der Waals surface area (Å²) in [5, 5.41) is 0. The molecule has 11 aromatic rings. The van der Waals surface area contributed by atoms with Crippen LogP contribution in [-0.4, -0.2) is 19.9 Å². The number of H-pyrrole nitrogens is 2. The maximum absolute atomic E-state index is 6.14. The van der Waals surface area contributed by atoms with Crippen molar-refractivity contribution in [3.63, 3.8) is 0 Å². The average molecular weight is 919 g/mol. The number of rotatable bonds is 8. The normalized spacial score (nSPS) is 12.1. The van der Waals surface area contributed by atoms with Crippen molar-refractivity contribution >= 4 is 45.4 Å². The Balaban J connectivity index is 1.38. The molecule has 0 radical (unpaired) electrons. The lowest BCUT2D eigenvalue weighted by Crippen LogP contribution is -1.94. The first kappa shape index (κ1) is 42.5. The quantitative estimate of drug-likeness (QED) is 0.160. The van der Waals surface area contributed by atoms with Crippen LogP contribution in [0.5, 0.6) is 0 Å². The molecule has 2 N–H and O–H groups in total. The molecular weight excluding hydrogens is 873 g/mol. The van der Waals surface area contributed by atoms with E-state index >= 15 is 0 Å². The van der Waals surface area contributed by atoms with Gasteiger partial charge in [-0.05, 0) is 68.8 Å². The predicted molar refractivity (Wildman–Crippen MR) is 300 cm³/mol. The molecular formula is C68H46N4. The zero-order valence-electron chi connectivity index (χ0n) is 39.3. The summed E-state index contributed by atoms with van der Waals surface area (Å²) in [4.78, 5) is 20.1. The van der Waals surface area contributed by atoms with Gasteiger partial charge in [0.25, 0.3) is 0 Å². The molecule has 8 bridgehead atoms. The number of hydrogen-bond donors (Lipinski definition) is 2. The molecule has 13 rings (SSSR count). The summed E-state index contributed by atoms with van der Waals surface area (Å²) < 4.78 is 0. The molecule has 338 valence electrons. The summed E-state index contributed by atoms with van der Waals surface area (Å²) in [5.41, 5.74) is 24.0. The van der Waals surface area contributed by atoms with Crippen molar-refractivity contribution < 1.29 is 0 Å². The van der Waals surface area contributed by atoms with E-state index in [0.717, 1.165) is 134 Å². The summed E-state index contributed by atoms with van der Waals surface area (Å²) in [6, 6.07) is 90.6. The van der Waals surface area contributed by atoms with Crippen LogP contribution in [0.1, 0.15) is 33.9 Å². The van der Waals surface area contributed by atoms with Crippen molar-refractivity contribution in [2.75, 3.05) is 0 Å². The number of nitrogens with one attached hydrogen (secondary N) is 2. The third-order valence-corrected chi connectivity index (χ3v) is 13.8. The zero-order valence-corrected chi connectivity index (χ0v) is 39.3. The lowest BCUT2D eigenvalue weighted by Gasteiger charge is -2.14. The molecule has 0 saturated carbocycles. The molecule has 5 heterocycles. The highest BCUT2D eigenvalue weighted by atomic mass is 14.8. The number of aromatic amines is 2. The van der Waals surface area contributed by atoms with Crippen molar-refractivity contribution in [1.82, 2.24) is 19.9 Å². The van der Waals surface area contributed by atoms with E-state index in [1.807, 2.05) is 0 Å². The summed E-state index contributed by atoms with van der Waals surface area (Å²) >= 11 is 0. The minimum atomic E-state index is 0.857. The van der Waals surface area contributed by atoms with Gasteiger partial charge in [-0.2, -0.15) is 0 Å². The van der Waals surface area contributed by atoms with Crippen molar-refractivity contribution in [3.8, 4) is 66.8 Å². The molecule has 0 saturated heterocycles. The highest BCUT2D eigenvalue weighted by Gasteiger charge is 2.32. The summed E-state index contributed by atoms with van der Waals surface area (Å²) in [7, 11) is 0. The van der Waals surface area contributed by atoms with Crippen molar-refractivity contribution in [1.29, 1.82) is 0 Å². The van der Waals surface area contributed by atoms with Crippen LogP contribution in [0, 0.1) is 0 Å². The van der Waals surface area contributed by atoms with E-state index in [0.29, 0.717) is 0 Å². The van der Waals surface area contributed by atoms with Gasteiger partial charge in [0.1, 0.15) is 0 Å². The standard InChI is InChI=1S/C68H46N4/c1-9-25-45(26-10-1)57-53-41-43-55(69-53)58(46-27-11-2-12-28-46)65-60(48-31-15-4-16-32-48)62(50-35-19-6-20-36-50)67(71-65)64(52-39-23-8-24-40-52)68-63(51-37-21-7-22-38-51)61(49-33-17-5-18-34-49)66(72-68)59(47-29-13-3-14-30-47)56-44-42-54(57)70-56/h1-44,69,72H. The summed E-state index contributed by atoms with van der Waals surface area (Å²) in [6.07, 6.45) is 4.37. The highest BCUT2D eigenvalue weighted by molar-refractivity contribution is 6.17. The molecule has 72 heavy (non-hydrogen) atoms. The van der Waals surface area contributed by atoms with Crippen molar-refractivity contribution in [2.24, 2.45) is 0 Å². The SMILES string of the molecule is C1=Cc2nc1c(-c1ccccc1)c1ccc([nH]1)c(-c1ccccc1)c1nc(c(-c3ccccc3)c3[nH]c(c2-c2ccccc2)c(-c2ccccc2)c3-c2ccccc2)C(c2ccccc2)=C1c1ccccc1. The van der Waals surface area contributed by atoms with Gasteiger partial charge in [0, 0.05) is 55.6 Å². The largest absolute Gasteiger partial charge is 0.354 e. The second kappa shape index (κ2) is 18.4. The smallest absolute Gasteiger partial charge is 0.0822 e.